The third kappa shape index (κ3) is 8.67. The summed E-state index contributed by atoms with van der Waals surface area (Å²) in [5.41, 5.74) is 5.18. The fraction of sp³-hybridized carbons (Fsp3) is 0.536. The Morgan fingerprint density at radius 2 is 1.62 bits per heavy atom. The van der Waals surface area contributed by atoms with Gasteiger partial charge in [0, 0.05) is 25.1 Å². The molecule has 174 valence electrons. The van der Waals surface area contributed by atoms with Crippen molar-refractivity contribution in [2.75, 3.05) is 18.9 Å². The molecule has 1 atom stereocenters. The van der Waals surface area contributed by atoms with Crippen LogP contribution >= 0.6 is 8.07 Å². The molecule has 3 nitrogen and oxygen atoms in total. The topological polar surface area (TPSA) is 36.3 Å². The van der Waals surface area contributed by atoms with E-state index in [9.17, 15) is 0 Å². The number of unbranched alkanes of at least 4 members (excludes halogenated alkanes) is 1. The number of nitriles is 1. The Bertz CT molecular complexity index is 821. The lowest BCUT2D eigenvalue weighted by molar-refractivity contribution is 0.121. The van der Waals surface area contributed by atoms with Gasteiger partial charge < -0.3 is 4.74 Å². The van der Waals surface area contributed by atoms with Gasteiger partial charge in [-0.1, -0.05) is 49.4 Å². The van der Waals surface area contributed by atoms with Crippen LogP contribution in [0.3, 0.4) is 0 Å². The van der Waals surface area contributed by atoms with Crippen LogP contribution < -0.4 is 0 Å². The molecule has 0 radical (unpaired) electrons. The molecule has 2 aromatic carbocycles. The molecule has 2 aromatic rings. The summed E-state index contributed by atoms with van der Waals surface area (Å²) in [6.45, 7) is 12.8. The molecule has 0 bridgehead atoms. The monoisotopic (exact) mass is 452 g/mol. The number of hydrogen-bond acceptors (Lipinski definition) is 3. The number of aryl methyl sites for hydroxylation is 1. The van der Waals surface area contributed by atoms with Crippen LogP contribution in [-0.4, -0.2) is 35.7 Å². The number of ether oxygens (including phenoxy) is 1. The third-order valence-corrected chi connectivity index (χ3v) is 8.67. The smallest absolute Gasteiger partial charge is 0.0717 e. The average Bonchev–Trinajstić information content (AvgIpc) is 2.77. The molecule has 0 saturated carbocycles. The highest BCUT2D eigenvalue weighted by Gasteiger charge is 2.23. The van der Waals surface area contributed by atoms with Gasteiger partial charge in [-0.15, -0.1) is 0 Å². The van der Waals surface area contributed by atoms with Gasteiger partial charge in [-0.25, -0.2) is 0 Å². The first kappa shape index (κ1) is 26.5. The highest BCUT2D eigenvalue weighted by atomic mass is 31.1. The molecule has 32 heavy (non-hydrogen) atoms. The van der Waals surface area contributed by atoms with Gasteiger partial charge >= 0.3 is 0 Å². The third-order valence-electron chi connectivity index (χ3n) is 5.53. The Hall–Kier alpha value is -1.72. The van der Waals surface area contributed by atoms with Crippen LogP contribution in [0.1, 0.15) is 65.0 Å². The molecule has 0 aliphatic heterocycles. The van der Waals surface area contributed by atoms with Gasteiger partial charge in [-0.2, -0.15) is 5.26 Å². The van der Waals surface area contributed by atoms with Gasteiger partial charge in [0.25, 0.3) is 0 Å². The first-order valence-electron chi connectivity index (χ1n) is 12.1. The predicted octanol–water partition coefficient (Wildman–Crippen LogP) is 7.64. The van der Waals surface area contributed by atoms with Crippen LogP contribution in [0.4, 0.5) is 0 Å². The number of rotatable bonds is 14. The van der Waals surface area contributed by atoms with Crippen LogP contribution in [0.15, 0.2) is 48.5 Å². The Balaban J connectivity index is 2.24. The van der Waals surface area contributed by atoms with E-state index in [4.69, 9.17) is 10.00 Å². The minimum Gasteiger partial charge on any atom is -0.377 e. The number of nitrogens with zero attached hydrogens (tertiary/aromatic N) is 2. The highest BCUT2D eigenvalue weighted by Crippen LogP contribution is 2.45. The first-order chi connectivity index (χ1) is 15.5. The summed E-state index contributed by atoms with van der Waals surface area (Å²) in [5, 5.41) is 9.03. The summed E-state index contributed by atoms with van der Waals surface area (Å²) < 4.78 is 8.57. The Morgan fingerprint density at radius 1 is 0.938 bits per heavy atom. The highest BCUT2D eigenvalue weighted by molar-refractivity contribution is 7.55. The van der Waals surface area contributed by atoms with E-state index in [-0.39, 0.29) is 8.07 Å². The SMILES string of the molecule is CCCOCc1cc(CCP(CCCC#N)N(C(C)C)C(C)C)cc(-c2ccccc2)c1. The van der Waals surface area contributed by atoms with Gasteiger partial charge in [-0.3, -0.25) is 4.67 Å². The van der Waals surface area contributed by atoms with Gasteiger partial charge in [0.2, 0.25) is 0 Å². The zero-order chi connectivity index (χ0) is 23.3. The normalized spacial score (nSPS) is 12.5. The zero-order valence-corrected chi connectivity index (χ0v) is 21.6. The lowest BCUT2D eigenvalue weighted by Crippen LogP contribution is -2.34. The second-order valence-electron chi connectivity index (χ2n) is 8.99. The molecule has 0 N–H and O–H groups in total. The van der Waals surface area contributed by atoms with Crippen molar-refractivity contribution in [1.82, 2.24) is 4.67 Å². The van der Waals surface area contributed by atoms with Crippen LogP contribution in [0.5, 0.6) is 0 Å². The quantitative estimate of drug-likeness (QED) is 0.218. The van der Waals surface area contributed by atoms with Crippen LogP contribution in [0.2, 0.25) is 0 Å². The molecule has 0 heterocycles. The molecule has 0 aliphatic rings. The molecular formula is C28H41N2OP. The van der Waals surface area contributed by atoms with Gasteiger partial charge in [0.05, 0.1) is 12.7 Å². The molecule has 1 unspecified atom stereocenters. The maximum atomic E-state index is 9.03. The molecule has 0 saturated heterocycles. The second-order valence-corrected chi connectivity index (χ2v) is 11.4. The summed E-state index contributed by atoms with van der Waals surface area (Å²) in [6, 6.07) is 21.0. The molecule has 0 aliphatic carbocycles. The molecule has 2 rings (SSSR count). The molecule has 0 amide bonds. The van der Waals surface area contributed by atoms with Gasteiger partial charge in [0.1, 0.15) is 0 Å². The predicted molar refractivity (Wildman–Crippen MR) is 139 cm³/mol. The summed E-state index contributed by atoms with van der Waals surface area (Å²) in [7, 11) is -0.274. The van der Waals surface area contributed by atoms with Crippen LogP contribution in [-0.2, 0) is 17.8 Å². The van der Waals surface area contributed by atoms with Crippen molar-refractivity contribution in [2.45, 2.75) is 79.0 Å². The maximum absolute atomic E-state index is 9.03. The van der Waals surface area contributed by atoms with E-state index in [1.165, 1.54) is 28.4 Å². The van der Waals surface area contributed by atoms with Crippen molar-refractivity contribution in [3.05, 3.63) is 59.7 Å². The first-order valence-corrected chi connectivity index (χ1v) is 13.8. The summed E-state index contributed by atoms with van der Waals surface area (Å²) in [4.78, 5) is 0. The Morgan fingerprint density at radius 3 is 2.25 bits per heavy atom. The van der Waals surface area contributed by atoms with E-state index >= 15 is 0 Å². The zero-order valence-electron chi connectivity index (χ0n) is 20.7. The van der Waals surface area contributed by atoms with E-state index in [0.29, 0.717) is 25.1 Å². The second kappa shape index (κ2) is 14.4. The maximum Gasteiger partial charge on any atom is 0.0717 e. The van der Waals surface area contributed by atoms with E-state index < -0.39 is 0 Å². The van der Waals surface area contributed by atoms with Crippen molar-refractivity contribution < 1.29 is 4.74 Å². The van der Waals surface area contributed by atoms with Crippen molar-refractivity contribution in [3.63, 3.8) is 0 Å². The van der Waals surface area contributed by atoms with Crippen molar-refractivity contribution >= 4 is 8.07 Å². The van der Waals surface area contributed by atoms with E-state index in [1.807, 2.05) is 0 Å². The standard InChI is InChI=1S/C28H41N2OP/c1-6-16-31-22-26-19-25(20-28(21-26)27-12-8-7-9-13-27)14-18-32(17-11-10-15-29)30(23(2)3)24(4)5/h7-9,12-13,19-21,23-24H,6,10-11,14,16-18,22H2,1-5H3. The molecule has 0 aromatic heterocycles. The van der Waals surface area contributed by atoms with E-state index in [1.54, 1.807) is 0 Å². The molecule has 4 heteroatoms. The number of hydrogen-bond donors (Lipinski definition) is 0. The van der Waals surface area contributed by atoms with E-state index in [0.717, 1.165) is 32.0 Å². The van der Waals surface area contributed by atoms with Crippen molar-refractivity contribution in [3.8, 4) is 17.2 Å². The molecular weight excluding hydrogens is 411 g/mol. The number of benzene rings is 2. The lowest BCUT2D eigenvalue weighted by atomic mass is 9.99. The summed E-state index contributed by atoms with van der Waals surface area (Å²) in [5.74, 6) is 0. The largest absolute Gasteiger partial charge is 0.377 e. The molecule has 0 fully saturated rings. The van der Waals surface area contributed by atoms with E-state index in [2.05, 4.69) is 93.9 Å². The Labute approximate surface area is 197 Å². The minimum absolute atomic E-state index is 0.274. The summed E-state index contributed by atoms with van der Waals surface area (Å²) >= 11 is 0. The van der Waals surface area contributed by atoms with Crippen molar-refractivity contribution in [2.24, 2.45) is 0 Å². The fourth-order valence-corrected chi connectivity index (χ4v) is 7.34. The fourth-order valence-electron chi connectivity index (χ4n) is 4.31. The average molecular weight is 453 g/mol. The Kier molecular flexibility index (Phi) is 12.0. The van der Waals surface area contributed by atoms with Crippen molar-refractivity contribution in [1.29, 1.82) is 5.26 Å². The summed E-state index contributed by atoms with van der Waals surface area (Å²) in [6.07, 6.45) is 6.08. The molecule has 0 spiro atoms. The van der Waals surface area contributed by atoms with Gasteiger partial charge in [-0.05, 0) is 95.7 Å². The lowest BCUT2D eigenvalue weighted by Gasteiger charge is -2.38. The van der Waals surface area contributed by atoms with Crippen LogP contribution in [0.25, 0.3) is 11.1 Å². The van der Waals surface area contributed by atoms with Crippen LogP contribution in [0, 0.1) is 11.3 Å². The van der Waals surface area contributed by atoms with Gasteiger partial charge in [0.15, 0.2) is 0 Å². The minimum atomic E-state index is -0.274.